The lowest BCUT2D eigenvalue weighted by Gasteiger charge is -2.31. The van der Waals surface area contributed by atoms with E-state index in [2.05, 4.69) is 0 Å². The minimum absolute atomic E-state index is 0.0388. The van der Waals surface area contributed by atoms with E-state index >= 15 is 0 Å². The summed E-state index contributed by atoms with van der Waals surface area (Å²) in [7, 11) is 0. The van der Waals surface area contributed by atoms with Crippen molar-refractivity contribution in [3.8, 4) is 6.07 Å². The van der Waals surface area contributed by atoms with Crippen molar-refractivity contribution in [1.29, 1.82) is 5.26 Å². The van der Waals surface area contributed by atoms with Crippen molar-refractivity contribution < 1.29 is 18.3 Å². The van der Waals surface area contributed by atoms with E-state index in [0.29, 0.717) is 12.2 Å². The standard InChI is InChI=1S/C15H17F3N2O/c16-15(17,18)14-6-5-12(8-11(14)9-19)20-7-3-1-2-4-13(20)10-21/h5-6,8,13,21H,1-4,7,10H2. The number of alkyl halides is 3. The van der Waals surface area contributed by atoms with Gasteiger partial charge in [-0.05, 0) is 31.0 Å². The molecular weight excluding hydrogens is 281 g/mol. The van der Waals surface area contributed by atoms with Gasteiger partial charge in [0.2, 0.25) is 0 Å². The lowest BCUT2D eigenvalue weighted by Crippen LogP contribution is -2.37. The Labute approximate surface area is 121 Å². The van der Waals surface area contributed by atoms with Gasteiger partial charge in [-0.2, -0.15) is 18.4 Å². The van der Waals surface area contributed by atoms with Gasteiger partial charge in [-0.15, -0.1) is 0 Å². The summed E-state index contributed by atoms with van der Waals surface area (Å²) in [6.45, 7) is 0.643. The fraction of sp³-hybridized carbons (Fsp3) is 0.533. The molecule has 0 aromatic heterocycles. The molecule has 21 heavy (non-hydrogen) atoms. The zero-order chi connectivity index (χ0) is 15.5. The van der Waals surface area contributed by atoms with Crippen molar-refractivity contribution in [2.75, 3.05) is 18.1 Å². The Balaban J connectivity index is 2.38. The summed E-state index contributed by atoms with van der Waals surface area (Å²) in [5.74, 6) is 0. The van der Waals surface area contributed by atoms with Crippen LogP contribution in [0.4, 0.5) is 18.9 Å². The number of halogens is 3. The number of nitrogens with zero attached hydrogens (tertiary/aromatic N) is 2. The van der Waals surface area contributed by atoms with E-state index in [1.165, 1.54) is 12.1 Å². The van der Waals surface area contributed by atoms with Gasteiger partial charge in [-0.1, -0.05) is 12.8 Å². The second kappa shape index (κ2) is 6.35. The van der Waals surface area contributed by atoms with Crippen molar-refractivity contribution in [2.45, 2.75) is 37.9 Å². The number of nitriles is 1. The number of hydrogen-bond acceptors (Lipinski definition) is 3. The average Bonchev–Trinajstić information content (AvgIpc) is 2.70. The molecule has 1 unspecified atom stereocenters. The number of aliphatic hydroxyl groups is 1. The van der Waals surface area contributed by atoms with Gasteiger partial charge < -0.3 is 10.0 Å². The lowest BCUT2D eigenvalue weighted by molar-refractivity contribution is -0.137. The second-order valence-corrected chi connectivity index (χ2v) is 5.22. The molecule has 0 saturated carbocycles. The summed E-state index contributed by atoms with van der Waals surface area (Å²) in [5, 5.41) is 18.4. The number of rotatable bonds is 2. The molecule has 0 spiro atoms. The highest BCUT2D eigenvalue weighted by Gasteiger charge is 2.34. The van der Waals surface area contributed by atoms with Gasteiger partial charge in [0.25, 0.3) is 0 Å². The van der Waals surface area contributed by atoms with Crippen molar-refractivity contribution >= 4 is 5.69 Å². The zero-order valence-corrected chi connectivity index (χ0v) is 11.5. The number of aliphatic hydroxyl groups excluding tert-OH is 1. The Kier molecular flexibility index (Phi) is 4.73. The van der Waals surface area contributed by atoms with Gasteiger partial charge >= 0.3 is 6.18 Å². The van der Waals surface area contributed by atoms with E-state index in [1.54, 1.807) is 6.07 Å². The van der Waals surface area contributed by atoms with Gasteiger partial charge in [0, 0.05) is 12.2 Å². The van der Waals surface area contributed by atoms with Crippen molar-refractivity contribution in [3.05, 3.63) is 29.3 Å². The smallest absolute Gasteiger partial charge is 0.394 e. The SMILES string of the molecule is N#Cc1cc(N2CCCCCC2CO)ccc1C(F)(F)F. The molecule has 0 aliphatic carbocycles. The molecule has 1 fully saturated rings. The summed E-state index contributed by atoms with van der Waals surface area (Å²) in [4.78, 5) is 1.91. The third kappa shape index (κ3) is 3.48. The summed E-state index contributed by atoms with van der Waals surface area (Å²) < 4.78 is 38.4. The Morgan fingerprint density at radius 1 is 1.29 bits per heavy atom. The molecule has 0 radical (unpaired) electrons. The van der Waals surface area contributed by atoms with Gasteiger partial charge in [-0.3, -0.25) is 0 Å². The van der Waals surface area contributed by atoms with Gasteiger partial charge in [0.1, 0.15) is 0 Å². The maximum atomic E-state index is 12.8. The van der Waals surface area contributed by atoms with Crippen LogP contribution in [0.3, 0.4) is 0 Å². The molecule has 0 bridgehead atoms. The normalized spacial score (nSPS) is 20.0. The minimum Gasteiger partial charge on any atom is -0.394 e. The van der Waals surface area contributed by atoms with Gasteiger partial charge in [0.05, 0.1) is 29.8 Å². The quantitative estimate of drug-likeness (QED) is 0.911. The molecule has 114 valence electrons. The first-order valence-electron chi connectivity index (χ1n) is 6.96. The second-order valence-electron chi connectivity index (χ2n) is 5.22. The zero-order valence-electron chi connectivity index (χ0n) is 11.5. The lowest BCUT2D eigenvalue weighted by atomic mass is 10.1. The van der Waals surface area contributed by atoms with Crippen LogP contribution >= 0.6 is 0 Å². The van der Waals surface area contributed by atoms with E-state index in [0.717, 1.165) is 31.7 Å². The summed E-state index contributed by atoms with van der Waals surface area (Å²) in [6.07, 6.45) is -0.760. The van der Waals surface area contributed by atoms with Crippen LogP contribution in [0.1, 0.15) is 36.8 Å². The van der Waals surface area contributed by atoms with Crippen molar-refractivity contribution in [1.82, 2.24) is 0 Å². The molecule has 3 nitrogen and oxygen atoms in total. The van der Waals surface area contributed by atoms with E-state index in [9.17, 15) is 18.3 Å². The van der Waals surface area contributed by atoms with Crippen LogP contribution in [-0.4, -0.2) is 24.3 Å². The molecule has 1 heterocycles. The Morgan fingerprint density at radius 2 is 2.05 bits per heavy atom. The van der Waals surface area contributed by atoms with E-state index in [-0.39, 0.29) is 18.2 Å². The molecule has 6 heteroatoms. The maximum Gasteiger partial charge on any atom is 0.417 e. The summed E-state index contributed by atoms with van der Waals surface area (Å²) in [6, 6.07) is 5.13. The Bertz CT molecular complexity index is 537. The molecule has 1 aliphatic heterocycles. The fourth-order valence-corrected chi connectivity index (χ4v) is 2.76. The molecule has 2 rings (SSSR count). The number of anilines is 1. The highest BCUT2D eigenvalue weighted by molar-refractivity contribution is 5.56. The summed E-state index contributed by atoms with van der Waals surface area (Å²) in [5.41, 5.74) is -0.717. The first kappa shape index (κ1) is 15.6. The molecular formula is C15H17F3N2O. The largest absolute Gasteiger partial charge is 0.417 e. The highest BCUT2D eigenvalue weighted by Crippen LogP contribution is 2.34. The molecule has 1 aliphatic rings. The maximum absolute atomic E-state index is 12.8. The third-order valence-corrected chi connectivity index (χ3v) is 3.85. The van der Waals surface area contributed by atoms with Crippen LogP contribution in [0.25, 0.3) is 0 Å². The molecule has 1 N–H and O–H groups in total. The first-order chi connectivity index (χ1) is 9.97. The van der Waals surface area contributed by atoms with Crippen molar-refractivity contribution in [3.63, 3.8) is 0 Å². The van der Waals surface area contributed by atoms with E-state index < -0.39 is 11.7 Å². The number of hydrogen-bond donors (Lipinski definition) is 1. The summed E-state index contributed by atoms with van der Waals surface area (Å²) >= 11 is 0. The highest BCUT2D eigenvalue weighted by atomic mass is 19.4. The van der Waals surface area contributed by atoms with Crippen molar-refractivity contribution in [2.24, 2.45) is 0 Å². The third-order valence-electron chi connectivity index (χ3n) is 3.85. The minimum atomic E-state index is -4.53. The van der Waals surface area contributed by atoms with Crippen LogP contribution in [0.2, 0.25) is 0 Å². The predicted octanol–water partition coefficient (Wildman–Crippen LogP) is 3.32. The Morgan fingerprint density at radius 3 is 2.67 bits per heavy atom. The predicted molar refractivity (Wildman–Crippen MR) is 72.8 cm³/mol. The van der Waals surface area contributed by atoms with Crippen LogP contribution in [0, 0.1) is 11.3 Å². The van der Waals surface area contributed by atoms with E-state index in [4.69, 9.17) is 5.26 Å². The molecule has 1 atom stereocenters. The van der Waals surface area contributed by atoms with Crippen LogP contribution in [0.15, 0.2) is 18.2 Å². The van der Waals surface area contributed by atoms with Gasteiger partial charge in [0.15, 0.2) is 0 Å². The molecule has 1 saturated heterocycles. The van der Waals surface area contributed by atoms with E-state index in [1.807, 2.05) is 4.90 Å². The van der Waals surface area contributed by atoms with Crippen LogP contribution in [-0.2, 0) is 6.18 Å². The topological polar surface area (TPSA) is 47.3 Å². The van der Waals surface area contributed by atoms with Crippen LogP contribution < -0.4 is 4.90 Å². The fourth-order valence-electron chi connectivity index (χ4n) is 2.76. The Hall–Kier alpha value is -1.74. The average molecular weight is 298 g/mol. The molecule has 1 aromatic rings. The van der Waals surface area contributed by atoms with Crippen LogP contribution in [0.5, 0.6) is 0 Å². The molecule has 0 amide bonds. The monoisotopic (exact) mass is 298 g/mol. The van der Waals surface area contributed by atoms with Gasteiger partial charge in [-0.25, -0.2) is 0 Å². The first-order valence-corrected chi connectivity index (χ1v) is 6.96. The number of benzene rings is 1. The molecule has 1 aromatic carbocycles.